The topological polar surface area (TPSA) is 57.7 Å². The van der Waals surface area contributed by atoms with Crippen LogP contribution < -0.4 is 4.90 Å². The predicted octanol–water partition coefficient (Wildman–Crippen LogP) is 2.60. The minimum atomic E-state index is -3.29. The quantitative estimate of drug-likeness (QED) is 0.763. The normalized spacial score (nSPS) is 18.0. The number of amides is 1. The van der Waals surface area contributed by atoms with Gasteiger partial charge in [-0.25, -0.2) is 12.8 Å². The largest absolute Gasteiger partial charge is 0.303 e. The maximum absolute atomic E-state index is 13.0. The highest BCUT2D eigenvalue weighted by Crippen LogP contribution is 2.23. The Hall–Kier alpha value is -2.51. The first kappa shape index (κ1) is 19.3. The Morgan fingerprint density at radius 3 is 2.37 bits per heavy atom. The summed E-state index contributed by atoms with van der Waals surface area (Å²) in [7, 11) is -1.49. The van der Waals surface area contributed by atoms with Crippen LogP contribution in [0.25, 0.3) is 0 Å². The van der Waals surface area contributed by atoms with Gasteiger partial charge < -0.3 is 4.90 Å². The number of hydrogen-bond donors (Lipinski definition) is 0. The first-order valence-electron chi connectivity index (χ1n) is 8.55. The van der Waals surface area contributed by atoms with Gasteiger partial charge >= 0.3 is 0 Å². The first-order chi connectivity index (χ1) is 12.8. The van der Waals surface area contributed by atoms with Gasteiger partial charge in [0.2, 0.25) is 5.91 Å². The fraction of sp³-hybridized carbons (Fsp3) is 0.250. The summed E-state index contributed by atoms with van der Waals surface area (Å²) in [6, 6.07) is 14.6. The molecule has 2 aromatic rings. The summed E-state index contributed by atoms with van der Waals surface area (Å²) >= 11 is 0. The van der Waals surface area contributed by atoms with Crippen molar-refractivity contribution in [1.82, 2.24) is 4.90 Å². The summed E-state index contributed by atoms with van der Waals surface area (Å²) in [5.41, 5.74) is 1.55. The lowest BCUT2D eigenvalue weighted by atomic mass is 10.2. The van der Waals surface area contributed by atoms with Gasteiger partial charge in [-0.15, -0.1) is 0 Å². The third-order valence-electron chi connectivity index (χ3n) is 4.32. The molecule has 1 atom stereocenters. The summed E-state index contributed by atoms with van der Waals surface area (Å²) in [4.78, 5) is 16.3. The molecular formula is C20H21FN2O3S. The van der Waals surface area contributed by atoms with E-state index in [4.69, 9.17) is 0 Å². The number of sulfone groups is 1. The number of likely N-dealkylation sites (N-methyl/N-ethyl adjacent to an activating group) is 1. The lowest BCUT2D eigenvalue weighted by Crippen LogP contribution is -2.45. The van der Waals surface area contributed by atoms with E-state index in [2.05, 4.69) is 0 Å². The smallest absolute Gasteiger partial charge is 0.241 e. The van der Waals surface area contributed by atoms with Crippen molar-refractivity contribution in [2.45, 2.75) is 12.6 Å². The number of carbonyl (C=O) groups is 1. The van der Waals surface area contributed by atoms with E-state index in [1.54, 1.807) is 37.4 Å². The van der Waals surface area contributed by atoms with E-state index in [-0.39, 0.29) is 24.0 Å². The highest BCUT2D eigenvalue weighted by molar-refractivity contribution is 7.94. The summed E-state index contributed by atoms with van der Waals surface area (Å²) in [6.07, 6.45) is 1.56. The molecule has 1 amide bonds. The second-order valence-electron chi connectivity index (χ2n) is 6.62. The highest BCUT2D eigenvalue weighted by atomic mass is 32.2. The standard InChI is InChI=1S/C20H21FN2O3S/c1-22(13-16-7-9-17(21)10-8-16)14-20(24)23(18-5-3-2-4-6-18)19-11-12-27(25,26)15-19/h2-12,19H,13-15H2,1H3/t19-/m1/s1. The van der Waals surface area contributed by atoms with Crippen molar-refractivity contribution < 1.29 is 17.6 Å². The summed E-state index contributed by atoms with van der Waals surface area (Å²) < 4.78 is 36.7. The predicted molar refractivity (Wildman–Crippen MR) is 103 cm³/mol. The fourth-order valence-electron chi connectivity index (χ4n) is 3.09. The van der Waals surface area contributed by atoms with Gasteiger partial charge in [0.25, 0.3) is 0 Å². The number of halogens is 1. The molecule has 27 heavy (non-hydrogen) atoms. The van der Waals surface area contributed by atoms with E-state index >= 15 is 0 Å². The van der Waals surface area contributed by atoms with Crippen molar-refractivity contribution in [3.8, 4) is 0 Å². The summed E-state index contributed by atoms with van der Waals surface area (Å²) in [5.74, 6) is -0.616. The summed E-state index contributed by atoms with van der Waals surface area (Å²) in [6.45, 7) is 0.587. The molecule has 0 bridgehead atoms. The zero-order valence-electron chi connectivity index (χ0n) is 15.0. The number of nitrogens with zero attached hydrogens (tertiary/aromatic N) is 2. The Labute approximate surface area is 158 Å². The monoisotopic (exact) mass is 388 g/mol. The van der Waals surface area contributed by atoms with Crippen LogP contribution in [0.1, 0.15) is 5.56 Å². The number of rotatable bonds is 6. The third kappa shape index (κ3) is 5.02. The van der Waals surface area contributed by atoms with Crippen molar-refractivity contribution in [3.05, 3.63) is 77.5 Å². The Bertz CT molecular complexity index is 927. The number of para-hydroxylation sites is 1. The van der Waals surface area contributed by atoms with Crippen LogP contribution in [-0.2, 0) is 21.2 Å². The molecule has 3 rings (SSSR count). The van der Waals surface area contributed by atoms with Crippen molar-refractivity contribution in [1.29, 1.82) is 0 Å². The molecule has 1 heterocycles. The number of hydrogen-bond acceptors (Lipinski definition) is 4. The van der Waals surface area contributed by atoms with Gasteiger partial charge in [-0.1, -0.05) is 30.3 Å². The van der Waals surface area contributed by atoms with E-state index in [1.807, 2.05) is 23.1 Å². The average molecular weight is 388 g/mol. The van der Waals surface area contributed by atoms with Crippen molar-refractivity contribution in [2.24, 2.45) is 0 Å². The maximum atomic E-state index is 13.0. The van der Waals surface area contributed by atoms with Crippen LogP contribution in [0.5, 0.6) is 0 Å². The maximum Gasteiger partial charge on any atom is 0.241 e. The van der Waals surface area contributed by atoms with Gasteiger partial charge in [-0.05, 0) is 43.0 Å². The van der Waals surface area contributed by atoms with Crippen LogP contribution in [0, 0.1) is 5.82 Å². The van der Waals surface area contributed by atoms with E-state index in [9.17, 15) is 17.6 Å². The molecule has 0 aliphatic carbocycles. The van der Waals surface area contributed by atoms with Crippen LogP contribution in [0.3, 0.4) is 0 Å². The lowest BCUT2D eigenvalue weighted by Gasteiger charge is -2.29. The Kier molecular flexibility index (Phi) is 5.72. The van der Waals surface area contributed by atoms with Crippen molar-refractivity contribution in [3.63, 3.8) is 0 Å². The molecular weight excluding hydrogens is 367 g/mol. The number of anilines is 1. The molecule has 5 nitrogen and oxygen atoms in total. The van der Waals surface area contributed by atoms with E-state index < -0.39 is 15.9 Å². The molecule has 1 aliphatic heterocycles. The van der Waals surface area contributed by atoms with Crippen LogP contribution in [-0.4, -0.2) is 44.6 Å². The molecule has 0 saturated carbocycles. The van der Waals surface area contributed by atoms with Crippen LogP contribution >= 0.6 is 0 Å². The molecule has 2 aromatic carbocycles. The van der Waals surface area contributed by atoms with Gasteiger partial charge in [0.05, 0.1) is 18.3 Å². The Balaban J connectivity index is 1.75. The zero-order chi connectivity index (χ0) is 19.4. The van der Waals surface area contributed by atoms with Crippen LogP contribution in [0.15, 0.2) is 66.1 Å². The Morgan fingerprint density at radius 2 is 1.78 bits per heavy atom. The molecule has 142 valence electrons. The van der Waals surface area contributed by atoms with Gasteiger partial charge in [-0.3, -0.25) is 9.69 Å². The molecule has 0 aromatic heterocycles. The fourth-order valence-corrected chi connectivity index (χ4v) is 4.36. The van der Waals surface area contributed by atoms with Crippen LogP contribution in [0.2, 0.25) is 0 Å². The molecule has 1 aliphatic rings. The molecule has 0 unspecified atom stereocenters. The zero-order valence-corrected chi connectivity index (χ0v) is 15.8. The van der Waals surface area contributed by atoms with Gasteiger partial charge in [0.1, 0.15) is 5.82 Å². The second kappa shape index (κ2) is 8.02. The van der Waals surface area contributed by atoms with Crippen LogP contribution in [0.4, 0.5) is 10.1 Å². The minimum absolute atomic E-state index is 0.108. The lowest BCUT2D eigenvalue weighted by molar-refractivity contribution is -0.119. The first-order valence-corrected chi connectivity index (χ1v) is 10.3. The average Bonchev–Trinajstić information content (AvgIpc) is 2.97. The number of carbonyl (C=O) groups excluding carboxylic acids is 1. The summed E-state index contributed by atoms with van der Waals surface area (Å²) in [5, 5.41) is 1.17. The minimum Gasteiger partial charge on any atom is -0.303 e. The van der Waals surface area contributed by atoms with E-state index in [0.29, 0.717) is 12.2 Å². The molecule has 0 saturated heterocycles. The van der Waals surface area contributed by atoms with Crippen molar-refractivity contribution >= 4 is 21.4 Å². The van der Waals surface area contributed by atoms with Gasteiger partial charge in [0.15, 0.2) is 9.84 Å². The number of benzene rings is 2. The van der Waals surface area contributed by atoms with E-state index in [0.717, 1.165) is 5.56 Å². The molecule has 0 N–H and O–H groups in total. The Morgan fingerprint density at radius 1 is 1.11 bits per heavy atom. The third-order valence-corrected chi connectivity index (χ3v) is 5.69. The molecule has 0 radical (unpaired) electrons. The SMILES string of the molecule is CN(CC(=O)N(c1ccccc1)[C@@H]1C=CS(=O)(=O)C1)Cc1ccc(F)cc1. The van der Waals surface area contributed by atoms with Gasteiger partial charge in [0, 0.05) is 17.6 Å². The van der Waals surface area contributed by atoms with Gasteiger partial charge in [-0.2, -0.15) is 0 Å². The van der Waals surface area contributed by atoms with E-state index in [1.165, 1.54) is 22.4 Å². The molecule has 0 spiro atoms. The molecule has 0 fully saturated rings. The molecule has 7 heteroatoms. The second-order valence-corrected chi connectivity index (χ2v) is 8.55. The van der Waals surface area contributed by atoms with Crippen molar-refractivity contribution in [2.75, 3.05) is 24.2 Å². The highest BCUT2D eigenvalue weighted by Gasteiger charge is 2.31.